The summed E-state index contributed by atoms with van der Waals surface area (Å²) in [5.41, 5.74) is 1.27. The van der Waals surface area contributed by atoms with E-state index < -0.39 is 36.7 Å². The van der Waals surface area contributed by atoms with Crippen molar-refractivity contribution in [1.82, 2.24) is 15.5 Å². The van der Waals surface area contributed by atoms with Gasteiger partial charge in [0.15, 0.2) is 6.61 Å². The maximum atomic E-state index is 13.5. The molecule has 0 saturated carbocycles. The third-order valence-corrected chi connectivity index (χ3v) is 5.83. The Balaban J connectivity index is 1.80. The van der Waals surface area contributed by atoms with Crippen molar-refractivity contribution in [1.29, 1.82) is 0 Å². The number of fused-ring (bicyclic) bond motifs is 1. The lowest BCUT2D eigenvalue weighted by Crippen LogP contribution is -2.50. The predicted octanol–water partition coefficient (Wildman–Crippen LogP) is 2.95. The second kappa shape index (κ2) is 12.2. The van der Waals surface area contributed by atoms with Crippen LogP contribution in [0, 0.1) is 0 Å². The monoisotopic (exact) mass is 542 g/mol. The third kappa shape index (κ3) is 7.49. The first-order chi connectivity index (χ1) is 17.5. The van der Waals surface area contributed by atoms with E-state index in [1.807, 2.05) is 0 Å². The van der Waals surface area contributed by atoms with E-state index in [0.717, 1.165) is 6.07 Å². The van der Waals surface area contributed by atoms with E-state index in [0.29, 0.717) is 11.3 Å². The van der Waals surface area contributed by atoms with Crippen molar-refractivity contribution in [3.63, 3.8) is 0 Å². The van der Waals surface area contributed by atoms with Crippen molar-refractivity contribution in [3.05, 3.63) is 58.6 Å². The van der Waals surface area contributed by atoms with Crippen LogP contribution in [-0.4, -0.2) is 72.9 Å². The Morgan fingerprint density at radius 3 is 2.57 bits per heavy atom. The van der Waals surface area contributed by atoms with Crippen molar-refractivity contribution in [3.8, 4) is 5.75 Å². The molecule has 0 aromatic heterocycles. The van der Waals surface area contributed by atoms with Crippen molar-refractivity contribution in [2.75, 3.05) is 37.7 Å². The Kier molecular flexibility index (Phi) is 9.22. The van der Waals surface area contributed by atoms with Gasteiger partial charge in [0.1, 0.15) is 5.75 Å². The largest absolute Gasteiger partial charge is 0.484 e. The van der Waals surface area contributed by atoms with E-state index in [1.165, 1.54) is 21.9 Å². The molecule has 13 heteroatoms. The summed E-state index contributed by atoms with van der Waals surface area (Å²) in [4.78, 5) is 41.2. The fraction of sp³-hybridized carbons (Fsp3) is 0.375. The van der Waals surface area contributed by atoms with Crippen LogP contribution in [0.5, 0.6) is 5.75 Å². The molecule has 9 nitrogen and oxygen atoms in total. The minimum atomic E-state index is -4.52. The number of rotatable bonds is 7. The second-order valence-electron chi connectivity index (χ2n) is 8.30. The molecule has 0 spiro atoms. The number of aliphatic hydroxyl groups is 1. The van der Waals surface area contributed by atoms with Crippen LogP contribution in [0.1, 0.15) is 22.8 Å². The molecule has 3 N–H and O–H groups in total. The molecule has 2 aromatic rings. The van der Waals surface area contributed by atoms with Crippen LogP contribution in [0.25, 0.3) is 0 Å². The highest BCUT2D eigenvalue weighted by Gasteiger charge is 2.33. The number of amides is 4. The summed E-state index contributed by atoms with van der Waals surface area (Å²) >= 11 is 6.25. The summed E-state index contributed by atoms with van der Waals surface area (Å²) in [6.07, 6.45) is -4.52. The van der Waals surface area contributed by atoms with Gasteiger partial charge < -0.3 is 30.3 Å². The van der Waals surface area contributed by atoms with Crippen LogP contribution in [0.4, 0.5) is 23.7 Å². The van der Waals surface area contributed by atoms with Gasteiger partial charge in [0.25, 0.3) is 5.91 Å². The van der Waals surface area contributed by atoms with E-state index in [1.54, 1.807) is 31.2 Å². The highest BCUT2D eigenvalue weighted by Crippen LogP contribution is 2.31. The molecule has 0 saturated heterocycles. The number of hydrogen-bond donors (Lipinski definition) is 3. The molecule has 3 rings (SSSR count). The fourth-order valence-electron chi connectivity index (χ4n) is 3.76. The first-order valence-electron chi connectivity index (χ1n) is 11.3. The van der Waals surface area contributed by atoms with Crippen molar-refractivity contribution < 1.29 is 37.4 Å². The number of halogens is 4. The highest BCUT2D eigenvalue weighted by molar-refractivity contribution is 6.34. The smallest absolute Gasteiger partial charge is 0.422 e. The van der Waals surface area contributed by atoms with Crippen molar-refractivity contribution in [2.24, 2.45) is 0 Å². The number of carbonyl (C=O) groups is 3. The zero-order chi connectivity index (χ0) is 27.2. The number of benzene rings is 2. The van der Waals surface area contributed by atoms with Gasteiger partial charge in [-0.15, -0.1) is 0 Å². The summed E-state index contributed by atoms with van der Waals surface area (Å²) < 4.78 is 42.1. The van der Waals surface area contributed by atoms with Gasteiger partial charge in [-0.3, -0.25) is 9.59 Å². The number of nitrogens with zero attached hydrogens (tertiary/aromatic N) is 2. The number of alkyl halides is 3. The van der Waals surface area contributed by atoms with Crippen LogP contribution < -0.4 is 20.3 Å². The van der Waals surface area contributed by atoms with E-state index >= 15 is 0 Å². The molecule has 1 aliphatic rings. The molecule has 37 heavy (non-hydrogen) atoms. The van der Waals surface area contributed by atoms with Crippen molar-refractivity contribution in [2.45, 2.75) is 25.7 Å². The van der Waals surface area contributed by atoms with Gasteiger partial charge in [0.2, 0.25) is 5.91 Å². The SMILES string of the molecule is C[C@@H]1CN(C(=O)c2ccc(OCC(F)(F)F)cc2Cl)c2ccccc2CN1C(=O)NCC(=O)NCCO. The Bertz CT molecular complexity index is 1150. The molecule has 0 unspecified atom stereocenters. The minimum absolute atomic E-state index is 0.0569. The summed E-state index contributed by atoms with van der Waals surface area (Å²) in [5, 5.41) is 13.7. The van der Waals surface area contributed by atoms with Gasteiger partial charge in [-0.25, -0.2) is 4.79 Å². The normalized spacial score (nSPS) is 15.5. The Morgan fingerprint density at radius 1 is 1.16 bits per heavy atom. The maximum Gasteiger partial charge on any atom is 0.422 e. The van der Waals surface area contributed by atoms with Gasteiger partial charge in [-0.1, -0.05) is 29.8 Å². The summed E-state index contributed by atoms with van der Waals surface area (Å²) in [6.45, 7) is 0.0481. The number of aliphatic hydroxyl groups excluding tert-OH is 1. The lowest BCUT2D eigenvalue weighted by molar-refractivity contribution is -0.153. The number of anilines is 1. The quantitative estimate of drug-likeness (QED) is 0.498. The molecular weight excluding hydrogens is 517 g/mol. The standard InChI is InChI=1S/C24H26ClF3N4O5/c1-15-12-32(22(35)18-7-6-17(10-19(18)25)37-14-24(26,27)28)20-5-3-2-4-16(20)13-31(15)23(36)30-11-21(34)29-8-9-33/h2-7,10,15,33H,8-9,11-14H2,1H3,(H,29,34)(H,30,36)/t15-/m1/s1. The third-order valence-electron chi connectivity index (χ3n) is 5.52. The molecule has 1 aliphatic heterocycles. The molecule has 0 bridgehead atoms. The zero-order valence-corrected chi connectivity index (χ0v) is 20.6. The number of urea groups is 1. The van der Waals surface area contributed by atoms with E-state index in [-0.39, 0.29) is 49.1 Å². The number of carbonyl (C=O) groups excluding carboxylic acids is 3. The summed E-state index contributed by atoms with van der Waals surface area (Å²) in [6, 6.07) is 9.66. The second-order valence-corrected chi connectivity index (χ2v) is 8.71. The Hall–Kier alpha value is -3.51. The molecule has 0 radical (unpaired) electrons. The molecule has 200 valence electrons. The molecule has 1 heterocycles. The molecule has 0 aliphatic carbocycles. The number of ether oxygens (including phenoxy) is 1. The average Bonchev–Trinajstić information content (AvgIpc) is 3.00. The first-order valence-corrected chi connectivity index (χ1v) is 11.7. The van der Waals surface area contributed by atoms with Gasteiger partial charge in [-0.05, 0) is 36.8 Å². The summed E-state index contributed by atoms with van der Waals surface area (Å²) in [5.74, 6) is -1.09. The van der Waals surface area contributed by atoms with Crippen LogP contribution >= 0.6 is 11.6 Å². The fourth-order valence-corrected chi connectivity index (χ4v) is 4.01. The van der Waals surface area contributed by atoms with Crippen LogP contribution in [0.2, 0.25) is 5.02 Å². The Morgan fingerprint density at radius 2 is 1.89 bits per heavy atom. The van der Waals surface area contributed by atoms with Gasteiger partial charge in [0, 0.05) is 31.4 Å². The topological polar surface area (TPSA) is 111 Å². The lowest BCUT2D eigenvalue weighted by Gasteiger charge is -2.29. The van der Waals surface area contributed by atoms with Crippen LogP contribution in [0.3, 0.4) is 0 Å². The minimum Gasteiger partial charge on any atom is -0.484 e. The Labute approximate surface area is 216 Å². The summed E-state index contributed by atoms with van der Waals surface area (Å²) in [7, 11) is 0. The van der Waals surface area contributed by atoms with Crippen LogP contribution in [-0.2, 0) is 11.3 Å². The maximum absolute atomic E-state index is 13.5. The van der Waals surface area contributed by atoms with Gasteiger partial charge in [0.05, 0.1) is 23.7 Å². The van der Waals surface area contributed by atoms with Crippen LogP contribution in [0.15, 0.2) is 42.5 Å². The molecule has 1 atom stereocenters. The molecule has 2 aromatic carbocycles. The van der Waals surface area contributed by atoms with E-state index in [4.69, 9.17) is 21.4 Å². The number of para-hydroxylation sites is 1. The predicted molar refractivity (Wildman–Crippen MR) is 130 cm³/mol. The highest BCUT2D eigenvalue weighted by atomic mass is 35.5. The molecule has 4 amide bonds. The first kappa shape index (κ1) is 28.1. The zero-order valence-electron chi connectivity index (χ0n) is 19.8. The lowest BCUT2D eigenvalue weighted by atomic mass is 10.1. The van der Waals surface area contributed by atoms with E-state index in [9.17, 15) is 27.6 Å². The average molecular weight is 543 g/mol. The molecule has 0 fully saturated rings. The number of hydrogen-bond acceptors (Lipinski definition) is 5. The van der Waals surface area contributed by atoms with Gasteiger partial charge in [-0.2, -0.15) is 13.2 Å². The number of nitrogens with one attached hydrogen (secondary N) is 2. The van der Waals surface area contributed by atoms with Gasteiger partial charge >= 0.3 is 12.2 Å². The van der Waals surface area contributed by atoms with E-state index in [2.05, 4.69) is 10.6 Å². The molecular formula is C24H26ClF3N4O5. The van der Waals surface area contributed by atoms with Crippen molar-refractivity contribution >= 4 is 35.1 Å².